The van der Waals surface area contributed by atoms with Gasteiger partial charge in [-0.25, -0.2) is 14.4 Å². The van der Waals surface area contributed by atoms with E-state index in [4.69, 9.17) is 5.73 Å². The summed E-state index contributed by atoms with van der Waals surface area (Å²) in [4.78, 5) is 21.9. The van der Waals surface area contributed by atoms with Crippen LogP contribution in [0.4, 0.5) is 10.2 Å². The Labute approximate surface area is 192 Å². The number of hydrogen-bond donors (Lipinski definition) is 2. The van der Waals surface area contributed by atoms with E-state index in [2.05, 4.69) is 20.4 Å². The van der Waals surface area contributed by atoms with Crippen molar-refractivity contribution in [3.05, 3.63) is 78.0 Å². The fraction of sp³-hybridized carbons (Fsp3) is 0.130. The molecule has 0 radical (unpaired) electrons. The summed E-state index contributed by atoms with van der Waals surface area (Å²) in [6.45, 7) is 0.177. The minimum absolute atomic E-state index is 0.107. The predicted molar refractivity (Wildman–Crippen MR) is 124 cm³/mol. The number of aryl methyl sites for hydroxylation is 1. The monoisotopic (exact) mass is 464 g/mol. The second kappa shape index (κ2) is 9.29. The molecule has 10 heteroatoms. The number of aromatic nitrogens is 4. The molecule has 2 aromatic carbocycles. The zero-order chi connectivity index (χ0) is 23.5. The average molecular weight is 465 g/mol. The van der Waals surface area contributed by atoms with Gasteiger partial charge in [0.2, 0.25) is 0 Å². The number of amides is 1. The summed E-state index contributed by atoms with van der Waals surface area (Å²) in [5.74, 6) is -1.13. The third-order valence-corrected chi connectivity index (χ3v) is 5.89. The molecule has 4 rings (SSSR count). The Hall–Kier alpha value is -3.92. The van der Waals surface area contributed by atoms with Crippen molar-refractivity contribution in [2.75, 3.05) is 12.0 Å². The smallest absolute Gasteiger partial charge is 0.254 e. The first-order chi connectivity index (χ1) is 15.8. The fourth-order valence-corrected chi connectivity index (χ4v) is 3.85. The highest BCUT2D eigenvalue weighted by atomic mass is 32.2. The summed E-state index contributed by atoms with van der Waals surface area (Å²) in [6, 6.07) is 11.2. The van der Waals surface area contributed by atoms with Gasteiger partial charge in [0.15, 0.2) is 0 Å². The maximum atomic E-state index is 14.8. The van der Waals surface area contributed by atoms with E-state index in [0.29, 0.717) is 21.8 Å². The zero-order valence-corrected chi connectivity index (χ0v) is 18.8. The van der Waals surface area contributed by atoms with E-state index >= 15 is 0 Å². The molecule has 2 heterocycles. The second-order valence-electron chi connectivity index (χ2n) is 7.37. The third-order valence-electron chi connectivity index (χ3n) is 4.97. The van der Waals surface area contributed by atoms with Crippen molar-refractivity contribution in [2.45, 2.75) is 11.4 Å². The number of hydrogen-bond acceptors (Lipinski definition) is 6. The van der Waals surface area contributed by atoms with Crippen LogP contribution >= 0.6 is 0 Å². The van der Waals surface area contributed by atoms with Crippen molar-refractivity contribution < 1.29 is 13.4 Å². The van der Waals surface area contributed by atoms with Crippen LogP contribution in [0, 0.1) is 5.82 Å². The molecule has 33 heavy (non-hydrogen) atoms. The lowest BCUT2D eigenvalue weighted by atomic mass is 10.1. The number of halogens is 1. The molecule has 3 N–H and O–H groups in total. The number of nitrogens with one attached hydrogen (secondary N) is 1. The lowest BCUT2D eigenvalue weighted by Gasteiger charge is -2.10. The molecular formula is C23H21FN6O2S. The van der Waals surface area contributed by atoms with E-state index in [1.165, 1.54) is 18.3 Å². The van der Waals surface area contributed by atoms with Crippen molar-refractivity contribution in [1.29, 1.82) is 0 Å². The Bertz CT molecular complexity index is 1370. The number of nitrogens with zero attached hydrogens (tertiary/aromatic N) is 4. The summed E-state index contributed by atoms with van der Waals surface area (Å²) in [5, 5.41) is 6.80. The van der Waals surface area contributed by atoms with Crippen molar-refractivity contribution >= 4 is 22.5 Å². The Balaban J connectivity index is 1.54. The molecular weight excluding hydrogens is 443 g/mol. The number of nitrogen functional groups attached to an aromatic ring is 1. The zero-order valence-electron chi connectivity index (χ0n) is 17.9. The van der Waals surface area contributed by atoms with Gasteiger partial charge < -0.3 is 11.1 Å². The summed E-state index contributed by atoms with van der Waals surface area (Å²) in [6.07, 6.45) is 6.53. The van der Waals surface area contributed by atoms with E-state index < -0.39 is 22.5 Å². The van der Waals surface area contributed by atoms with Crippen LogP contribution in [0.2, 0.25) is 0 Å². The Morgan fingerprint density at radius 3 is 2.70 bits per heavy atom. The van der Waals surface area contributed by atoms with Crippen molar-refractivity contribution in [3.63, 3.8) is 0 Å². The van der Waals surface area contributed by atoms with Gasteiger partial charge in [-0.15, -0.1) is 0 Å². The number of rotatable bonds is 6. The summed E-state index contributed by atoms with van der Waals surface area (Å²) >= 11 is 0. The van der Waals surface area contributed by atoms with Gasteiger partial charge >= 0.3 is 0 Å². The molecule has 8 nitrogen and oxygen atoms in total. The molecule has 4 aromatic rings. The largest absolute Gasteiger partial charge is 0.382 e. The first-order valence-electron chi connectivity index (χ1n) is 9.94. The molecule has 1 unspecified atom stereocenters. The standard InChI is InChI=1S/C23H21FN6O2S/c1-30-13-16(11-28-30)20-12-26-22(25)21(29-20)15-6-7-18(19(24)9-15)23(31)27-10-14-4-3-5-17(8-14)33(2)32/h3-9,11-13H,10H2,1-2H3,(H2,25,26)(H,27,31). The maximum Gasteiger partial charge on any atom is 0.254 e. The Kier molecular flexibility index (Phi) is 6.27. The molecule has 0 spiro atoms. The summed E-state index contributed by atoms with van der Waals surface area (Å²) < 4.78 is 28.1. The minimum atomic E-state index is -1.13. The molecule has 0 fully saturated rings. The van der Waals surface area contributed by atoms with E-state index in [9.17, 15) is 13.4 Å². The highest BCUT2D eigenvalue weighted by Gasteiger charge is 2.16. The van der Waals surface area contributed by atoms with Gasteiger partial charge in [0.05, 0.1) is 23.7 Å². The van der Waals surface area contributed by atoms with Gasteiger partial charge in [0.1, 0.15) is 17.3 Å². The van der Waals surface area contributed by atoms with Gasteiger partial charge in [-0.3, -0.25) is 13.7 Å². The summed E-state index contributed by atoms with van der Waals surface area (Å²) in [5.41, 5.74) is 8.65. The Morgan fingerprint density at radius 2 is 2.00 bits per heavy atom. The predicted octanol–water partition coefficient (Wildman–Crippen LogP) is 2.93. The van der Waals surface area contributed by atoms with Crippen molar-refractivity contribution in [2.24, 2.45) is 7.05 Å². The van der Waals surface area contributed by atoms with Gasteiger partial charge in [-0.05, 0) is 29.8 Å². The van der Waals surface area contributed by atoms with Crippen LogP contribution in [0.15, 0.2) is 66.0 Å². The molecule has 0 aliphatic carbocycles. The first-order valence-corrected chi connectivity index (χ1v) is 11.5. The van der Waals surface area contributed by atoms with Crippen LogP contribution in [0.5, 0.6) is 0 Å². The molecule has 1 atom stereocenters. The lowest BCUT2D eigenvalue weighted by molar-refractivity contribution is 0.0947. The highest BCUT2D eigenvalue weighted by Crippen LogP contribution is 2.27. The SMILES string of the molecule is Cn1cc(-c2cnc(N)c(-c3ccc(C(=O)NCc4cccc(S(C)=O)c4)c(F)c3)n2)cn1. The van der Waals surface area contributed by atoms with Gasteiger partial charge in [0.25, 0.3) is 5.91 Å². The quantitative estimate of drug-likeness (QED) is 0.453. The minimum Gasteiger partial charge on any atom is -0.382 e. The second-order valence-corrected chi connectivity index (χ2v) is 8.75. The molecule has 0 saturated heterocycles. The van der Waals surface area contributed by atoms with Crippen molar-refractivity contribution in [1.82, 2.24) is 25.1 Å². The molecule has 0 aliphatic rings. The van der Waals surface area contributed by atoms with Crippen LogP contribution in [0.3, 0.4) is 0 Å². The molecule has 168 valence electrons. The van der Waals surface area contributed by atoms with Gasteiger partial charge in [-0.2, -0.15) is 5.10 Å². The Morgan fingerprint density at radius 1 is 1.18 bits per heavy atom. The van der Waals surface area contributed by atoms with Gasteiger partial charge in [0, 0.05) is 52.9 Å². The molecule has 1 amide bonds. The maximum absolute atomic E-state index is 14.8. The molecule has 2 aromatic heterocycles. The molecule has 0 bridgehead atoms. The van der Waals surface area contributed by atoms with Crippen LogP contribution in [0.1, 0.15) is 15.9 Å². The number of carbonyl (C=O) groups is 1. The number of anilines is 1. The fourth-order valence-electron chi connectivity index (χ4n) is 3.26. The topological polar surface area (TPSA) is 116 Å². The van der Waals surface area contributed by atoms with Crippen molar-refractivity contribution in [3.8, 4) is 22.5 Å². The molecule has 0 saturated carbocycles. The van der Waals surface area contributed by atoms with Crippen LogP contribution in [0.25, 0.3) is 22.5 Å². The average Bonchev–Trinajstić information content (AvgIpc) is 3.24. The van der Waals surface area contributed by atoms with Crippen LogP contribution < -0.4 is 11.1 Å². The summed E-state index contributed by atoms with van der Waals surface area (Å²) in [7, 11) is 0.660. The van der Waals surface area contributed by atoms with Gasteiger partial charge in [-0.1, -0.05) is 18.2 Å². The molecule has 0 aliphatic heterocycles. The number of nitrogens with two attached hydrogens (primary N) is 1. The lowest BCUT2D eigenvalue weighted by Crippen LogP contribution is -2.24. The van der Waals surface area contributed by atoms with E-state index in [0.717, 1.165) is 11.1 Å². The third kappa shape index (κ3) is 4.96. The van der Waals surface area contributed by atoms with Crippen LogP contribution in [-0.4, -0.2) is 36.1 Å². The van der Waals surface area contributed by atoms with E-state index in [1.807, 2.05) is 0 Å². The number of benzene rings is 2. The first kappa shape index (κ1) is 22.3. The van der Waals surface area contributed by atoms with E-state index in [1.54, 1.807) is 60.7 Å². The van der Waals surface area contributed by atoms with E-state index in [-0.39, 0.29) is 17.9 Å². The number of carbonyl (C=O) groups excluding carboxylic acids is 1. The normalized spacial score (nSPS) is 11.8. The highest BCUT2D eigenvalue weighted by molar-refractivity contribution is 7.84. The van der Waals surface area contributed by atoms with Crippen LogP contribution in [-0.2, 0) is 24.4 Å².